The predicted molar refractivity (Wildman–Crippen MR) is 172 cm³/mol. The topological polar surface area (TPSA) is 96.2 Å². The van der Waals surface area contributed by atoms with E-state index in [4.69, 9.17) is 14.6 Å². The van der Waals surface area contributed by atoms with E-state index in [-0.39, 0.29) is 24.0 Å². The van der Waals surface area contributed by atoms with Gasteiger partial charge < -0.3 is 9.47 Å². The first-order valence-electron chi connectivity index (χ1n) is 16.0. The maximum absolute atomic E-state index is 13.2. The van der Waals surface area contributed by atoms with Gasteiger partial charge in [-0.2, -0.15) is 0 Å². The minimum absolute atomic E-state index is 0.0448. The van der Waals surface area contributed by atoms with Gasteiger partial charge in [-0.3, -0.25) is 4.79 Å². The molecule has 3 aromatic carbocycles. The third-order valence-electron chi connectivity index (χ3n) is 8.29. The smallest absolute Gasteiger partial charge is 0.334 e. The Morgan fingerprint density at radius 3 is 1.93 bits per heavy atom. The minimum Gasteiger partial charge on any atom is -0.462 e. The van der Waals surface area contributed by atoms with Gasteiger partial charge in [-0.05, 0) is 54.5 Å². The highest BCUT2D eigenvalue weighted by molar-refractivity contribution is 5.93. The lowest BCUT2D eigenvalue weighted by Gasteiger charge is -2.34. The number of esters is 2. The molecule has 0 radical (unpaired) electrons. The van der Waals surface area contributed by atoms with Crippen LogP contribution in [0.3, 0.4) is 0 Å². The van der Waals surface area contributed by atoms with E-state index in [0.717, 1.165) is 55.2 Å². The van der Waals surface area contributed by atoms with Crippen molar-refractivity contribution in [3.05, 3.63) is 126 Å². The van der Waals surface area contributed by atoms with Gasteiger partial charge in [0.25, 0.3) is 0 Å². The SMILES string of the molecule is C=C(CC(=O)OC(C)CCCCCC)C(=O)OC(c1nnn(C(c2ccccc2)(c2ccccc2)c2ccccc2)n1)C1CC1. The first-order valence-corrected chi connectivity index (χ1v) is 16.0. The lowest BCUT2D eigenvalue weighted by atomic mass is 9.77. The Hall–Kier alpha value is -4.59. The van der Waals surface area contributed by atoms with Gasteiger partial charge in [-0.15, -0.1) is 15.0 Å². The molecule has 45 heavy (non-hydrogen) atoms. The average Bonchev–Trinajstić information content (AvgIpc) is 3.80. The molecule has 5 rings (SSSR count). The molecule has 8 nitrogen and oxygen atoms in total. The van der Waals surface area contributed by atoms with E-state index in [9.17, 15) is 9.59 Å². The molecule has 1 fully saturated rings. The van der Waals surface area contributed by atoms with Gasteiger partial charge >= 0.3 is 11.9 Å². The number of carbonyl (C=O) groups excluding carboxylic acids is 2. The Labute approximate surface area is 265 Å². The summed E-state index contributed by atoms with van der Waals surface area (Å²) in [6.45, 7) is 7.88. The quantitative estimate of drug-likeness (QED) is 0.0569. The molecular weight excluding hydrogens is 564 g/mol. The van der Waals surface area contributed by atoms with Crippen molar-refractivity contribution in [1.82, 2.24) is 20.2 Å². The van der Waals surface area contributed by atoms with E-state index in [2.05, 4.69) is 60.2 Å². The van der Waals surface area contributed by atoms with Crippen molar-refractivity contribution in [3.8, 4) is 0 Å². The summed E-state index contributed by atoms with van der Waals surface area (Å²) >= 11 is 0. The van der Waals surface area contributed by atoms with Crippen molar-refractivity contribution in [2.45, 2.75) is 83.0 Å². The number of unbranched alkanes of at least 4 members (excludes halogenated alkanes) is 3. The Balaban J connectivity index is 1.38. The first kappa shape index (κ1) is 31.8. The molecule has 8 heteroatoms. The third kappa shape index (κ3) is 7.56. The maximum Gasteiger partial charge on any atom is 0.334 e. The summed E-state index contributed by atoms with van der Waals surface area (Å²) < 4.78 is 11.5. The van der Waals surface area contributed by atoms with Crippen LogP contribution in [0.2, 0.25) is 0 Å². The molecule has 0 spiro atoms. The van der Waals surface area contributed by atoms with Crippen LogP contribution in [0.15, 0.2) is 103 Å². The van der Waals surface area contributed by atoms with E-state index in [1.54, 1.807) is 4.80 Å². The molecule has 234 valence electrons. The van der Waals surface area contributed by atoms with Crippen molar-refractivity contribution in [2.24, 2.45) is 5.92 Å². The second-order valence-electron chi connectivity index (χ2n) is 11.8. The van der Waals surface area contributed by atoms with Crippen LogP contribution in [0.1, 0.15) is 93.8 Å². The molecule has 0 aliphatic heterocycles. The Kier molecular flexibility index (Phi) is 10.6. The van der Waals surface area contributed by atoms with Crippen molar-refractivity contribution in [3.63, 3.8) is 0 Å². The van der Waals surface area contributed by atoms with Crippen LogP contribution in [0, 0.1) is 5.92 Å². The largest absolute Gasteiger partial charge is 0.462 e. The molecule has 4 aromatic rings. The number of aromatic nitrogens is 4. The summed E-state index contributed by atoms with van der Waals surface area (Å²) in [5, 5.41) is 14.0. The molecule has 0 saturated heterocycles. The van der Waals surface area contributed by atoms with Crippen LogP contribution >= 0.6 is 0 Å². The van der Waals surface area contributed by atoms with Gasteiger partial charge in [-0.1, -0.05) is 124 Å². The van der Waals surface area contributed by atoms with Crippen molar-refractivity contribution < 1.29 is 19.1 Å². The monoisotopic (exact) mass is 606 g/mol. The number of nitrogens with zero attached hydrogens (tertiary/aromatic N) is 4. The maximum atomic E-state index is 13.2. The molecule has 1 aliphatic carbocycles. The molecule has 1 aromatic heterocycles. The molecule has 2 atom stereocenters. The predicted octanol–water partition coefficient (Wildman–Crippen LogP) is 7.36. The van der Waals surface area contributed by atoms with Gasteiger partial charge in [0.05, 0.1) is 12.5 Å². The number of hydrogen-bond acceptors (Lipinski definition) is 7. The highest BCUT2D eigenvalue weighted by atomic mass is 16.6. The number of carbonyl (C=O) groups is 2. The zero-order valence-electron chi connectivity index (χ0n) is 26.2. The van der Waals surface area contributed by atoms with E-state index in [1.165, 1.54) is 6.42 Å². The summed E-state index contributed by atoms with van der Waals surface area (Å²) in [6.07, 6.45) is 5.82. The summed E-state index contributed by atoms with van der Waals surface area (Å²) in [5.74, 6) is -0.759. The molecular formula is C37H42N4O4. The van der Waals surface area contributed by atoms with E-state index in [0.29, 0.717) is 5.82 Å². The summed E-state index contributed by atoms with van der Waals surface area (Å²) in [7, 11) is 0. The number of rotatable bonds is 16. The minimum atomic E-state index is -0.937. The second kappa shape index (κ2) is 14.9. The molecule has 1 aliphatic rings. The van der Waals surface area contributed by atoms with Gasteiger partial charge in [0.2, 0.25) is 5.82 Å². The van der Waals surface area contributed by atoms with E-state index in [1.807, 2.05) is 61.5 Å². The summed E-state index contributed by atoms with van der Waals surface area (Å²) in [5.41, 5.74) is 1.98. The fraction of sp³-hybridized carbons (Fsp3) is 0.378. The molecule has 0 N–H and O–H groups in total. The normalized spacial score (nSPS) is 14.4. The highest BCUT2D eigenvalue weighted by Crippen LogP contribution is 2.44. The number of ether oxygens (including phenoxy) is 2. The zero-order chi connectivity index (χ0) is 31.6. The Morgan fingerprint density at radius 1 is 0.867 bits per heavy atom. The van der Waals surface area contributed by atoms with Gasteiger partial charge in [0.1, 0.15) is 0 Å². The Bertz CT molecular complexity index is 1450. The second-order valence-corrected chi connectivity index (χ2v) is 11.8. The summed E-state index contributed by atoms with van der Waals surface area (Å²) in [4.78, 5) is 27.4. The fourth-order valence-corrected chi connectivity index (χ4v) is 5.75. The summed E-state index contributed by atoms with van der Waals surface area (Å²) in [6, 6.07) is 30.2. The van der Waals surface area contributed by atoms with Crippen LogP contribution in [-0.4, -0.2) is 38.2 Å². The van der Waals surface area contributed by atoms with Gasteiger partial charge in [-0.25, -0.2) is 4.79 Å². The lowest BCUT2D eigenvalue weighted by Crippen LogP contribution is -2.39. The van der Waals surface area contributed by atoms with Crippen LogP contribution < -0.4 is 0 Å². The third-order valence-corrected chi connectivity index (χ3v) is 8.29. The van der Waals surface area contributed by atoms with Crippen molar-refractivity contribution in [1.29, 1.82) is 0 Å². The number of benzene rings is 3. The zero-order valence-corrected chi connectivity index (χ0v) is 26.2. The van der Waals surface area contributed by atoms with Crippen molar-refractivity contribution in [2.75, 3.05) is 0 Å². The van der Waals surface area contributed by atoms with Crippen LogP contribution in [0.25, 0.3) is 0 Å². The molecule has 0 bridgehead atoms. The average molecular weight is 607 g/mol. The molecule has 1 saturated carbocycles. The fourth-order valence-electron chi connectivity index (χ4n) is 5.75. The van der Waals surface area contributed by atoms with Gasteiger partial charge in [0.15, 0.2) is 11.6 Å². The molecule has 2 unspecified atom stereocenters. The first-order chi connectivity index (χ1) is 21.9. The molecule has 0 amide bonds. The van der Waals surface area contributed by atoms with E-state index < -0.39 is 23.6 Å². The van der Waals surface area contributed by atoms with Crippen LogP contribution in [0.4, 0.5) is 0 Å². The van der Waals surface area contributed by atoms with Crippen LogP contribution in [-0.2, 0) is 24.6 Å². The van der Waals surface area contributed by atoms with E-state index >= 15 is 0 Å². The highest BCUT2D eigenvalue weighted by Gasteiger charge is 2.44. The molecule has 1 heterocycles. The Morgan fingerprint density at radius 2 is 1.42 bits per heavy atom. The number of tetrazole rings is 1. The standard InChI is InChI=1S/C37H42N4O4/c1-4-5-6-10-17-28(3)44-33(42)26-27(2)36(43)45-34(29-24-25-29)35-38-40-41(39-35)37(30-18-11-7-12-19-30,31-20-13-8-14-21-31)32-22-15-9-16-23-32/h7-9,11-16,18-23,28-29,34H,2,4-6,10,17,24-26H2,1,3H3. The lowest BCUT2D eigenvalue weighted by molar-refractivity contribution is -0.152. The van der Waals surface area contributed by atoms with Crippen LogP contribution in [0.5, 0.6) is 0 Å². The number of hydrogen-bond donors (Lipinski definition) is 0. The van der Waals surface area contributed by atoms with Crippen molar-refractivity contribution >= 4 is 11.9 Å². The van der Waals surface area contributed by atoms with Gasteiger partial charge in [0, 0.05) is 11.5 Å².